The summed E-state index contributed by atoms with van der Waals surface area (Å²) < 4.78 is 24.5. The second kappa shape index (κ2) is 8.61. The zero-order chi connectivity index (χ0) is 20.1. The highest BCUT2D eigenvalue weighted by Gasteiger charge is 2.25. The summed E-state index contributed by atoms with van der Waals surface area (Å²) in [6.07, 6.45) is 1.41. The molecule has 1 heterocycles. The van der Waals surface area contributed by atoms with Crippen LogP contribution in [0, 0.1) is 17.1 Å². The van der Waals surface area contributed by atoms with E-state index in [2.05, 4.69) is 5.32 Å². The minimum absolute atomic E-state index is 0.0658. The third-order valence-electron chi connectivity index (χ3n) is 4.87. The summed E-state index contributed by atoms with van der Waals surface area (Å²) in [5.41, 5.74) is 1.21. The third kappa shape index (κ3) is 4.17. The van der Waals surface area contributed by atoms with E-state index in [0.717, 1.165) is 0 Å². The van der Waals surface area contributed by atoms with Crippen molar-refractivity contribution in [2.24, 2.45) is 0 Å². The number of methoxy groups -OCH3 is 2. The molecular formula is C21H22FN3O3. The molecule has 1 N–H and O–H groups in total. The number of nitrogens with one attached hydrogen (secondary N) is 1. The molecule has 1 fully saturated rings. The fourth-order valence-corrected chi connectivity index (χ4v) is 3.30. The number of halogens is 1. The first-order valence-corrected chi connectivity index (χ1v) is 9.03. The van der Waals surface area contributed by atoms with Crippen LogP contribution in [0.1, 0.15) is 28.8 Å². The maximum Gasteiger partial charge on any atom is 0.253 e. The summed E-state index contributed by atoms with van der Waals surface area (Å²) in [7, 11) is 3.08. The quantitative estimate of drug-likeness (QED) is 0.856. The molecule has 1 saturated heterocycles. The van der Waals surface area contributed by atoms with Gasteiger partial charge in [0.2, 0.25) is 0 Å². The molecule has 1 amide bonds. The van der Waals surface area contributed by atoms with Gasteiger partial charge in [0.1, 0.15) is 5.82 Å². The smallest absolute Gasteiger partial charge is 0.253 e. The maximum atomic E-state index is 14.1. The van der Waals surface area contributed by atoms with E-state index in [4.69, 9.17) is 14.7 Å². The van der Waals surface area contributed by atoms with E-state index in [1.165, 1.54) is 13.2 Å². The Morgan fingerprint density at radius 1 is 1.14 bits per heavy atom. The Morgan fingerprint density at radius 2 is 1.86 bits per heavy atom. The number of amides is 1. The van der Waals surface area contributed by atoms with E-state index in [-0.39, 0.29) is 11.9 Å². The van der Waals surface area contributed by atoms with Crippen LogP contribution in [0.2, 0.25) is 0 Å². The molecule has 0 radical (unpaired) electrons. The van der Waals surface area contributed by atoms with Gasteiger partial charge >= 0.3 is 0 Å². The van der Waals surface area contributed by atoms with Crippen molar-refractivity contribution < 1.29 is 18.7 Å². The van der Waals surface area contributed by atoms with E-state index in [0.29, 0.717) is 54.2 Å². The monoisotopic (exact) mass is 383 g/mol. The summed E-state index contributed by atoms with van der Waals surface area (Å²) in [6.45, 7) is 1.14. The Labute approximate surface area is 163 Å². The Balaban J connectivity index is 1.61. The maximum absolute atomic E-state index is 14.1. The van der Waals surface area contributed by atoms with Crippen molar-refractivity contribution in [2.45, 2.75) is 18.9 Å². The standard InChI is InChI=1S/C21H22FN3O3/c1-27-19-6-4-15(12-20(19)28-2)21(26)25-9-7-16(8-10-25)24-18-5-3-14(13-23)11-17(18)22/h3-6,11-12,16,24H,7-10H2,1-2H3. The van der Waals surface area contributed by atoms with Crippen molar-refractivity contribution in [3.05, 3.63) is 53.3 Å². The number of hydrogen-bond donors (Lipinski definition) is 1. The average molecular weight is 383 g/mol. The molecule has 0 bridgehead atoms. The molecule has 0 spiro atoms. The number of nitrogens with zero attached hydrogens (tertiary/aromatic N) is 2. The second-order valence-electron chi connectivity index (χ2n) is 6.59. The van der Waals surface area contributed by atoms with Crippen LogP contribution in [0.25, 0.3) is 0 Å². The van der Waals surface area contributed by atoms with Gasteiger partial charge in [-0.25, -0.2) is 4.39 Å². The van der Waals surface area contributed by atoms with Gasteiger partial charge in [0.25, 0.3) is 5.91 Å². The number of piperidine rings is 1. The zero-order valence-corrected chi connectivity index (χ0v) is 15.9. The van der Waals surface area contributed by atoms with Crippen LogP contribution in [0.4, 0.5) is 10.1 Å². The summed E-state index contributed by atoms with van der Waals surface area (Å²) in [5, 5.41) is 12.0. The van der Waals surface area contributed by atoms with Crippen LogP contribution in [-0.2, 0) is 0 Å². The molecule has 0 unspecified atom stereocenters. The molecule has 0 atom stereocenters. The minimum atomic E-state index is -0.442. The van der Waals surface area contributed by atoms with E-state index in [1.54, 1.807) is 42.3 Å². The van der Waals surface area contributed by atoms with Gasteiger partial charge in [-0.15, -0.1) is 0 Å². The largest absolute Gasteiger partial charge is 0.493 e. The normalized spacial score (nSPS) is 14.3. The molecule has 3 rings (SSSR count). The minimum Gasteiger partial charge on any atom is -0.493 e. The van der Waals surface area contributed by atoms with Gasteiger partial charge in [0.15, 0.2) is 11.5 Å². The lowest BCUT2D eigenvalue weighted by molar-refractivity contribution is 0.0718. The van der Waals surface area contributed by atoms with Crippen molar-refractivity contribution in [1.82, 2.24) is 4.90 Å². The highest BCUT2D eigenvalue weighted by Crippen LogP contribution is 2.28. The predicted molar refractivity (Wildman–Crippen MR) is 103 cm³/mol. The van der Waals surface area contributed by atoms with Crippen LogP contribution < -0.4 is 14.8 Å². The average Bonchev–Trinajstić information content (AvgIpc) is 2.74. The topological polar surface area (TPSA) is 74.6 Å². The molecule has 0 aromatic heterocycles. The van der Waals surface area contributed by atoms with Crippen molar-refractivity contribution in [3.8, 4) is 17.6 Å². The first kappa shape index (κ1) is 19.5. The lowest BCUT2D eigenvalue weighted by Gasteiger charge is -2.33. The van der Waals surface area contributed by atoms with Gasteiger partial charge in [-0.2, -0.15) is 5.26 Å². The highest BCUT2D eigenvalue weighted by molar-refractivity contribution is 5.95. The predicted octanol–water partition coefficient (Wildman–Crippen LogP) is 3.43. The van der Waals surface area contributed by atoms with Gasteiger partial charge in [-0.1, -0.05) is 0 Å². The number of benzene rings is 2. The third-order valence-corrected chi connectivity index (χ3v) is 4.87. The van der Waals surface area contributed by atoms with Crippen LogP contribution in [0.5, 0.6) is 11.5 Å². The molecule has 6 nitrogen and oxygen atoms in total. The van der Waals surface area contributed by atoms with E-state index in [9.17, 15) is 9.18 Å². The number of anilines is 1. The molecular weight excluding hydrogens is 361 g/mol. The van der Waals surface area contributed by atoms with Crippen LogP contribution in [-0.4, -0.2) is 44.2 Å². The molecule has 146 valence electrons. The summed E-state index contributed by atoms with van der Waals surface area (Å²) in [6, 6.07) is 11.5. The number of carbonyl (C=O) groups excluding carboxylic acids is 1. The summed E-state index contributed by atoms with van der Waals surface area (Å²) >= 11 is 0. The first-order valence-electron chi connectivity index (χ1n) is 9.03. The van der Waals surface area contributed by atoms with Crippen LogP contribution in [0.3, 0.4) is 0 Å². The molecule has 0 saturated carbocycles. The SMILES string of the molecule is COc1ccc(C(=O)N2CCC(Nc3ccc(C#N)cc3F)CC2)cc1OC. The second-order valence-corrected chi connectivity index (χ2v) is 6.59. The molecule has 7 heteroatoms. The summed E-state index contributed by atoms with van der Waals surface area (Å²) in [5.74, 6) is 0.583. The van der Waals surface area contributed by atoms with E-state index < -0.39 is 5.82 Å². The Bertz CT molecular complexity index is 902. The Morgan fingerprint density at radius 3 is 2.46 bits per heavy atom. The zero-order valence-electron chi connectivity index (χ0n) is 15.9. The number of nitriles is 1. The van der Waals surface area contributed by atoms with Gasteiger partial charge in [-0.3, -0.25) is 4.79 Å². The van der Waals surface area contributed by atoms with Crippen molar-refractivity contribution in [3.63, 3.8) is 0 Å². The van der Waals surface area contributed by atoms with E-state index >= 15 is 0 Å². The van der Waals surface area contributed by atoms with Crippen molar-refractivity contribution >= 4 is 11.6 Å². The lowest BCUT2D eigenvalue weighted by Crippen LogP contribution is -2.42. The number of rotatable bonds is 5. The fourth-order valence-electron chi connectivity index (χ4n) is 3.30. The molecule has 0 aliphatic carbocycles. The fraction of sp³-hybridized carbons (Fsp3) is 0.333. The number of ether oxygens (including phenoxy) is 2. The Hall–Kier alpha value is -3.27. The molecule has 28 heavy (non-hydrogen) atoms. The number of hydrogen-bond acceptors (Lipinski definition) is 5. The van der Waals surface area contributed by atoms with Gasteiger partial charge < -0.3 is 19.7 Å². The summed E-state index contributed by atoms with van der Waals surface area (Å²) in [4.78, 5) is 14.6. The van der Waals surface area contributed by atoms with Gasteiger partial charge in [-0.05, 0) is 49.2 Å². The van der Waals surface area contributed by atoms with Gasteiger partial charge in [0, 0.05) is 24.7 Å². The van der Waals surface area contributed by atoms with E-state index in [1.807, 2.05) is 6.07 Å². The van der Waals surface area contributed by atoms with Gasteiger partial charge in [0.05, 0.1) is 31.5 Å². The van der Waals surface area contributed by atoms with Crippen LogP contribution >= 0.6 is 0 Å². The highest BCUT2D eigenvalue weighted by atomic mass is 19.1. The number of carbonyl (C=O) groups is 1. The first-order chi connectivity index (χ1) is 13.5. The van der Waals surface area contributed by atoms with Crippen molar-refractivity contribution in [1.29, 1.82) is 5.26 Å². The molecule has 1 aliphatic rings. The molecule has 2 aromatic carbocycles. The van der Waals surface area contributed by atoms with Crippen molar-refractivity contribution in [2.75, 3.05) is 32.6 Å². The number of likely N-dealkylation sites (tertiary alicyclic amines) is 1. The lowest BCUT2D eigenvalue weighted by atomic mass is 10.0. The Kier molecular flexibility index (Phi) is 5.99. The molecule has 1 aliphatic heterocycles. The van der Waals surface area contributed by atoms with Crippen LogP contribution in [0.15, 0.2) is 36.4 Å². The molecule has 2 aromatic rings.